The normalized spacial score (nSPS) is 29.1. The summed E-state index contributed by atoms with van der Waals surface area (Å²) in [6, 6.07) is 0.643. The summed E-state index contributed by atoms with van der Waals surface area (Å²) < 4.78 is 0. The standard InChI is InChI=1S/C14H29NO/c1-4-14(16)10-15-13-7-5-6-12(8-9-13)11(2)3/h11-16H,4-10H2,1-3H3. The van der Waals surface area contributed by atoms with E-state index >= 15 is 0 Å². The quantitative estimate of drug-likeness (QED) is 0.708. The molecule has 0 heterocycles. The lowest BCUT2D eigenvalue weighted by atomic mass is 9.89. The van der Waals surface area contributed by atoms with Gasteiger partial charge >= 0.3 is 0 Å². The summed E-state index contributed by atoms with van der Waals surface area (Å²) >= 11 is 0. The van der Waals surface area contributed by atoms with E-state index in [1.165, 1.54) is 32.1 Å². The topological polar surface area (TPSA) is 32.3 Å². The summed E-state index contributed by atoms with van der Waals surface area (Å²) in [6.07, 6.45) is 7.38. The first-order valence-electron chi connectivity index (χ1n) is 7.05. The molecule has 2 heteroatoms. The van der Waals surface area contributed by atoms with Gasteiger partial charge in [-0.05, 0) is 37.5 Å². The largest absolute Gasteiger partial charge is 0.392 e. The molecule has 3 atom stereocenters. The van der Waals surface area contributed by atoms with Gasteiger partial charge in [0.05, 0.1) is 6.10 Å². The Morgan fingerprint density at radius 3 is 2.56 bits per heavy atom. The fraction of sp³-hybridized carbons (Fsp3) is 1.00. The lowest BCUT2D eigenvalue weighted by Gasteiger charge is -2.20. The minimum absolute atomic E-state index is 0.163. The van der Waals surface area contributed by atoms with Crippen LogP contribution in [0.3, 0.4) is 0 Å². The van der Waals surface area contributed by atoms with Gasteiger partial charge in [0.2, 0.25) is 0 Å². The van der Waals surface area contributed by atoms with Crippen molar-refractivity contribution in [3.63, 3.8) is 0 Å². The summed E-state index contributed by atoms with van der Waals surface area (Å²) in [5.74, 6) is 1.75. The Labute approximate surface area is 101 Å². The molecule has 0 aromatic carbocycles. The van der Waals surface area contributed by atoms with Crippen LogP contribution in [-0.2, 0) is 0 Å². The maximum absolute atomic E-state index is 9.54. The molecule has 0 aliphatic heterocycles. The van der Waals surface area contributed by atoms with E-state index in [4.69, 9.17) is 0 Å². The van der Waals surface area contributed by atoms with Crippen molar-refractivity contribution in [2.45, 2.75) is 71.4 Å². The Hall–Kier alpha value is -0.0800. The summed E-state index contributed by atoms with van der Waals surface area (Å²) in [5.41, 5.74) is 0. The van der Waals surface area contributed by atoms with E-state index in [0.717, 1.165) is 24.8 Å². The number of nitrogens with one attached hydrogen (secondary N) is 1. The lowest BCUT2D eigenvalue weighted by molar-refractivity contribution is 0.161. The molecule has 0 saturated heterocycles. The van der Waals surface area contributed by atoms with Crippen molar-refractivity contribution in [1.82, 2.24) is 5.32 Å². The van der Waals surface area contributed by atoms with Crippen LogP contribution < -0.4 is 5.32 Å². The highest BCUT2D eigenvalue weighted by atomic mass is 16.3. The minimum atomic E-state index is -0.163. The lowest BCUT2D eigenvalue weighted by Crippen LogP contribution is -2.35. The third-order valence-corrected chi connectivity index (χ3v) is 4.07. The van der Waals surface area contributed by atoms with Gasteiger partial charge in [-0.3, -0.25) is 0 Å². The fourth-order valence-corrected chi connectivity index (χ4v) is 2.65. The van der Waals surface area contributed by atoms with Crippen molar-refractivity contribution in [3.8, 4) is 0 Å². The zero-order valence-corrected chi connectivity index (χ0v) is 11.2. The molecule has 2 nitrogen and oxygen atoms in total. The number of rotatable bonds is 5. The molecule has 1 rings (SSSR count). The molecule has 0 spiro atoms. The second kappa shape index (κ2) is 7.29. The zero-order valence-electron chi connectivity index (χ0n) is 11.2. The fourth-order valence-electron chi connectivity index (χ4n) is 2.65. The van der Waals surface area contributed by atoms with Crippen molar-refractivity contribution >= 4 is 0 Å². The minimum Gasteiger partial charge on any atom is -0.392 e. The maximum atomic E-state index is 9.54. The smallest absolute Gasteiger partial charge is 0.0662 e. The van der Waals surface area contributed by atoms with Crippen LogP contribution in [0.25, 0.3) is 0 Å². The molecular formula is C14H29NO. The summed E-state index contributed by atoms with van der Waals surface area (Å²) in [4.78, 5) is 0. The van der Waals surface area contributed by atoms with Gasteiger partial charge in [-0.15, -0.1) is 0 Å². The van der Waals surface area contributed by atoms with Gasteiger partial charge in [-0.1, -0.05) is 33.6 Å². The van der Waals surface area contributed by atoms with Crippen LogP contribution in [0.1, 0.15) is 59.3 Å². The molecule has 16 heavy (non-hydrogen) atoms. The van der Waals surface area contributed by atoms with E-state index in [0.29, 0.717) is 6.04 Å². The van der Waals surface area contributed by atoms with Crippen LogP contribution in [0.2, 0.25) is 0 Å². The van der Waals surface area contributed by atoms with Gasteiger partial charge in [0.1, 0.15) is 0 Å². The predicted octanol–water partition coefficient (Wildman–Crippen LogP) is 2.95. The number of aliphatic hydroxyl groups excluding tert-OH is 1. The molecule has 0 amide bonds. The molecular weight excluding hydrogens is 198 g/mol. The molecule has 0 aromatic heterocycles. The Morgan fingerprint density at radius 2 is 1.94 bits per heavy atom. The Morgan fingerprint density at radius 1 is 1.19 bits per heavy atom. The number of hydrogen-bond donors (Lipinski definition) is 2. The Kier molecular flexibility index (Phi) is 6.37. The van der Waals surface area contributed by atoms with Crippen molar-refractivity contribution < 1.29 is 5.11 Å². The molecule has 1 aliphatic carbocycles. The Balaban J connectivity index is 2.25. The average molecular weight is 227 g/mol. The van der Waals surface area contributed by atoms with Crippen LogP contribution in [-0.4, -0.2) is 23.8 Å². The van der Waals surface area contributed by atoms with Gasteiger partial charge < -0.3 is 10.4 Å². The second-order valence-electron chi connectivity index (χ2n) is 5.68. The summed E-state index contributed by atoms with van der Waals surface area (Å²) in [7, 11) is 0. The first-order chi connectivity index (χ1) is 7.63. The number of hydrogen-bond acceptors (Lipinski definition) is 2. The van der Waals surface area contributed by atoms with Gasteiger partial charge in [-0.2, -0.15) is 0 Å². The molecule has 0 radical (unpaired) electrons. The molecule has 1 aliphatic rings. The molecule has 2 N–H and O–H groups in total. The van der Waals surface area contributed by atoms with Crippen LogP contribution >= 0.6 is 0 Å². The molecule has 1 fully saturated rings. The molecule has 0 bridgehead atoms. The van der Waals surface area contributed by atoms with Gasteiger partial charge in [-0.25, -0.2) is 0 Å². The van der Waals surface area contributed by atoms with Gasteiger partial charge in [0.15, 0.2) is 0 Å². The maximum Gasteiger partial charge on any atom is 0.0662 e. The molecule has 1 saturated carbocycles. The van der Waals surface area contributed by atoms with Crippen LogP contribution in [0, 0.1) is 11.8 Å². The van der Waals surface area contributed by atoms with Crippen molar-refractivity contribution in [3.05, 3.63) is 0 Å². The van der Waals surface area contributed by atoms with E-state index in [-0.39, 0.29) is 6.10 Å². The second-order valence-corrected chi connectivity index (χ2v) is 5.68. The van der Waals surface area contributed by atoms with Crippen LogP contribution in [0.5, 0.6) is 0 Å². The highest BCUT2D eigenvalue weighted by Crippen LogP contribution is 2.28. The van der Waals surface area contributed by atoms with E-state index in [1.54, 1.807) is 0 Å². The Bertz CT molecular complexity index is 182. The summed E-state index contributed by atoms with van der Waals surface area (Å²) in [5, 5.41) is 13.1. The van der Waals surface area contributed by atoms with Gasteiger partial charge in [0.25, 0.3) is 0 Å². The van der Waals surface area contributed by atoms with Crippen molar-refractivity contribution in [2.75, 3.05) is 6.54 Å². The predicted molar refractivity (Wildman–Crippen MR) is 69.5 cm³/mol. The zero-order chi connectivity index (χ0) is 12.0. The molecule has 3 unspecified atom stereocenters. The molecule has 0 aromatic rings. The van der Waals surface area contributed by atoms with E-state index in [9.17, 15) is 5.11 Å². The first-order valence-corrected chi connectivity index (χ1v) is 7.05. The van der Waals surface area contributed by atoms with E-state index in [1.807, 2.05) is 6.92 Å². The van der Waals surface area contributed by atoms with E-state index in [2.05, 4.69) is 19.2 Å². The monoisotopic (exact) mass is 227 g/mol. The van der Waals surface area contributed by atoms with Crippen molar-refractivity contribution in [2.24, 2.45) is 11.8 Å². The third kappa shape index (κ3) is 4.84. The van der Waals surface area contributed by atoms with Crippen molar-refractivity contribution in [1.29, 1.82) is 0 Å². The SMILES string of the molecule is CCC(O)CNC1CCCC(C(C)C)CC1. The number of aliphatic hydroxyl groups is 1. The average Bonchev–Trinajstić information content (AvgIpc) is 2.51. The van der Waals surface area contributed by atoms with Gasteiger partial charge in [0, 0.05) is 12.6 Å². The first kappa shape index (κ1) is 14.0. The van der Waals surface area contributed by atoms with E-state index < -0.39 is 0 Å². The third-order valence-electron chi connectivity index (χ3n) is 4.07. The summed E-state index contributed by atoms with van der Waals surface area (Å²) in [6.45, 7) is 7.50. The van der Waals surface area contributed by atoms with Crippen LogP contribution in [0.15, 0.2) is 0 Å². The van der Waals surface area contributed by atoms with Crippen LogP contribution in [0.4, 0.5) is 0 Å². The highest BCUT2D eigenvalue weighted by Gasteiger charge is 2.20. The highest BCUT2D eigenvalue weighted by molar-refractivity contribution is 4.77. The molecule has 96 valence electrons.